The van der Waals surface area contributed by atoms with E-state index in [0.717, 1.165) is 37.7 Å². The maximum Gasteiger partial charge on any atom is 0.151 e. The molecule has 3 heterocycles. The number of nitrogens with one attached hydrogen (secondary N) is 1. The summed E-state index contributed by atoms with van der Waals surface area (Å²) < 4.78 is 15.7. The van der Waals surface area contributed by atoms with E-state index in [9.17, 15) is 4.39 Å². The fraction of sp³-hybridized carbons (Fsp3) is 0.429. The molecule has 3 rings (SSSR count). The first-order valence-electron chi connectivity index (χ1n) is 6.78. The van der Waals surface area contributed by atoms with Crippen molar-refractivity contribution in [2.45, 2.75) is 6.92 Å². The molecule has 0 amide bonds. The predicted molar refractivity (Wildman–Crippen MR) is 76.2 cm³/mol. The van der Waals surface area contributed by atoms with Gasteiger partial charge in [-0.1, -0.05) is 0 Å². The Morgan fingerprint density at radius 1 is 1.25 bits per heavy atom. The van der Waals surface area contributed by atoms with Crippen LogP contribution >= 0.6 is 0 Å². The van der Waals surface area contributed by atoms with Crippen molar-refractivity contribution in [3.63, 3.8) is 0 Å². The van der Waals surface area contributed by atoms with Crippen molar-refractivity contribution in [3.8, 4) is 11.4 Å². The number of anilines is 1. The molecule has 106 valence electrons. The van der Waals surface area contributed by atoms with Crippen molar-refractivity contribution >= 4 is 5.82 Å². The first kappa shape index (κ1) is 13.1. The monoisotopic (exact) mass is 275 g/mol. The number of piperazine rings is 1. The van der Waals surface area contributed by atoms with Gasteiger partial charge in [0.25, 0.3) is 0 Å². The van der Waals surface area contributed by atoms with Gasteiger partial charge in [0.2, 0.25) is 0 Å². The molecule has 2 aromatic rings. The van der Waals surface area contributed by atoms with E-state index >= 15 is 0 Å². The highest BCUT2D eigenvalue weighted by Gasteiger charge is 2.17. The fourth-order valence-electron chi connectivity index (χ4n) is 2.51. The molecule has 0 atom stereocenters. The van der Waals surface area contributed by atoms with Crippen molar-refractivity contribution < 1.29 is 4.39 Å². The fourth-order valence-corrected chi connectivity index (χ4v) is 2.51. The molecule has 5 nitrogen and oxygen atoms in total. The second-order valence-electron chi connectivity index (χ2n) is 5.03. The lowest BCUT2D eigenvalue weighted by molar-refractivity contribution is 0.581. The van der Waals surface area contributed by atoms with Gasteiger partial charge >= 0.3 is 0 Å². The van der Waals surface area contributed by atoms with Crippen LogP contribution in [-0.2, 0) is 7.05 Å². The van der Waals surface area contributed by atoms with Gasteiger partial charge in [0.1, 0.15) is 11.5 Å². The summed E-state index contributed by atoms with van der Waals surface area (Å²) in [4.78, 5) is 6.67. The quantitative estimate of drug-likeness (QED) is 0.898. The Morgan fingerprint density at radius 3 is 2.65 bits per heavy atom. The van der Waals surface area contributed by atoms with Gasteiger partial charge in [-0.3, -0.25) is 4.68 Å². The number of aryl methyl sites for hydroxylation is 2. The Kier molecular flexibility index (Phi) is 3.40. The van der Waals surface area contributed by atoms with E-state index in [1.54, 1.807) is 17.8 Å². The van der Waals surface area contributed by atoms with E-state index in [1.165, 1.54) is 6.07 Å². The summed E-state index contributed by atoms with van der Waals surface area (Å²) in [5.74, 6) is 0.508. The molecule has 1 aliphatic rings. The third-order valence-corrected chi connectivity index (χ3v) is 3.52. The molecule has 1 saturated heterocycles. The molecule has 1 N–H and O–H groups in total. The second-order valence-corrected chi connectivity index (χ2v) is 5.03. The molecule has 0 aromatic carbocycles. The largest absolute Gasteiger partial charge is 0.354 e. The molecule has 0 radical (unpaired) electrons. The smallest absolute Gasteiger partial charge is 0.151 e. The van der Waals surface area contributed by atoms with E-state index in [0.29, 0.717) is 11.4 Å². The number of pyridine rings is 1. The number of halogens is 1. The van der Waals surface area contributed by atoms with E-state index in [1.807, 2.05) is 13.0 Å². The summed E-state index contributed by atoms with van der Waals surface area (Å²) in [7, 11) is 1.81. The number of rotatable bonds is 2. The first-order chi connectivity index (χ1) is 9.65. The van der Waals surface area contributed by atoms with E-state index < -0.39 is 0 Å². The van der Waals surface area contributed by atoms with Crippen molar-refractivity contribution in [1.29, 1.82) is 0 Å². The Hall–Kier alpha value is -1.95. The lowest BCUT2D eigenvalue weighted by atomic mass is 10.2. The van der Waals surface area contributed by atoms with Crippen molar-refractivity contribution in [1.82, 2.24) is 20.1 Å². The molecule has 1 aliphatic heterocycles. The number of hydrogen-bond acceptors (Lipinski definition) is 4. The van der Waals surface area contributed by atoms with Crippen LogP contribution in [0.1, 0.15) is 5.69 Å². The average molecular weight is 275 g/mol. The minimum atomic E-state index is -0.313. The molecule has 6 heteroatoms. The first-order valence-corrected chi connectivity index (χ1v) is 6.78. The summed E-state index contributed by atoms with van der Waals surface area (Å²) in [6, 6.07) is 5.09. The maximum absolute atomic E-state index is 14.1. The number of aromatic nitrogens is 3. The maximum atomic E-state index is 14.1. The SMILES string of the molecule is Cc1cc(-c2nc(N3CCNCC3)ccc2F)n(C)n1. The van der Waals surface area contributed by atoms with Crippen LogP contribution in [0.3, 0.4) is 0 Å². The molecule has 0 unspecified atom stereocenters. The molecule has 1 fully saturated rings. The molecule has 2 aromatic heterocycles. The number of nitrogens with zero attached hydrogens (tertiary/aromatic N) is 4. The van der Waals surface area contributed by atoms with Crippen LogP contribution in [0, 0.1) is 12.7 Å². The zero-order valence-corrected chi connectivity index (χ0v) is 11.7. The van der Waals surface area contributed by atoms with Gasteiger partial charge in [-0.05, 0) is 25.1 Å². The van der Waals surface area contributed by atoms with Crippen LogP contribution in [0.25, 0.3) is 11.4 Å². The zero-order valence-electron chi connectivity index (χ0n) is 11.7. The Bertz CT molecular complexity index is 616. The van der Waals surface area contributed by atoms with Crippen LogP contribution in [0.15, 0.2) is 18.2 Å². The van der Waals surface area contributed by atoms with Crippen molar-refractivity contribution in [2.24, 2.45) is 7.05 Å². The summed E-state index contributed by atoms with van der Waals surface area (Å²) in [6.45, 7) is 5.53. The van der Waals surface area contributed by atoms with Crippen molar-refractivity contribution in [2.75, 3.05) is 31.1 Å². The van der Waals surface area contributed by atoms with E-state index in [-0.39, 0.29) is 5.82 Å². The van der Waals surface area contributed by atoms with E-state index in [2.05, 4.69) is 20.3 Å². The van der Waals surface area contributed by atoms with Gasteiger partial charge in [-0.25, -0.2) is 9.37 Å². The Balaban J connectivity index is 2.00. The Labute approximate surface area is 117 Å². The minimum Gasteiger partial charge on any atom is -0.354 e. The zero-order chi connectivity index (χ0) is 14.1. The Morgan fingerprint density at radius 2 is 2.00 bits per heavy atom. The average Bonchev–Trinajstić information content (AvgIpc) is 2.79. The van der Waals surface area contributed by atoms with Gasteiger partial charge in [0.15, 0.2) is 5.82 Å². The molecular weight excluding hydrogens is 257 g/mol. The number of hydrogen-bond donors (Lipinski definition) is 1. The van der Waals surface area contributed by atoms with Crippen LogP contribution < -0.4 is 10.2 Å². The highest BCUT2D eigenvalue weighted by atomic mass is 19.1. The van der Waals surface area contributed by atoms with Crippen LogP contribution in [0.5, 0.6) is 0 Å². The van der Waals surface area contributed by atoms with Gasteiger partial charge in [0.05, 0.1) is 11.4 Å². The minimum absolute atomic E-state index is 0.313. The lowest BCUT2D eigenvalue weighted by Crippen LogP contribution is -2.43. The molecule has 0 saturated carbocycles. The lowest BCUT2D eigenvalue weighted by Gasteiger charge is -2.28. The van der Waals surface area contributed by atoms with Crippen LogP contribution in [0.2, 0.25) is 0 Å². The topological polar surface area (TPSA) is 46.0 Å². The van der Waals surface area contributed by atoms with Crippen molar-refractivity contribution in [3.05, 3.63) is 29.7 Å². The van der Waals surface area contributed by atoms with Gasteiger partial charge in [-0.15, -0.1) is 0 Å². The van der Waals surface area contributed by atoms with Crippen LogP contribution in [0.4, 0.5) is 10.2 Å². The van der Waals surface area contributed by atoms with Gasteiger partial charge in [-0.2, -0.15) is 5.10 Å². The summed E-state index contributed by atoms with van der Waals surface area (Å²) in [5, 5.41) is 7.55. The molecular formula is C14H18FN5. The standard InChI is InChI=1S/C14H18FN5/c1-10-9-12(19(2)18-10)14-11(15)3-4-13(17-14)20-7-5-16-6-8-20/h3-4,9,16H,5-8H2,1-2H3. The highest BCUT2D eigenvalue weighted by molar-refractivity contribution is 5.59. The third-order valence-electron chi connectivity index (χ3n) is 3.52. The molecule has 0 spiro atoms. The highest BCUT2D eigenvalue weighted by Crippen LogP contribution is 2.24. The van der Waals surface area contributed by atoms with Crippen LogP contribution in [-0.4, -0.2) is 40.9 Å². The molecule has 20 heavy (non-hydrogen) atoms. The summed E-state index contributed by atoms with van der Waals surface area (Å²) in [6.07, 6.45) is 0. The molecule has 0 aliphatic carbocycles. The normalized spacial score (nSPS) is 15.7. The third kappa shape index (κ3) is 2.38. The predicted octanol–water partition coefficient (Wildman–Crippen LogP) is 1.34. The van der Waals surface area contributed by atoms with Gasteiger partial charge in [0, 0.05) is 33.2 Å². The second kappa shape index (κ2) is 5.20. The summed E-state index contributed by atoms with van der Waals surface area (Å²) in [5.41, 5.74) is 1.93. The molecule has 0 bridgehead atoms. The summed E-state index contributed by atoms with van der Waals surface area (Å²) >= 11 is 0. The van der Waals surface area contributed by atoms with Gasteiger partial charge < -0.3 is 10.2 Å². The van der Waals surface area contributed by atoms with E-state index in [4.69, 9.17) is 0 Å².